The van der Waals surface area contributed by atoms with E-state index in [0.717, 1.165) is 10.6 Å². The van der Waals surface area contributed by atoms with E-state index in [1.54, 1.807) is 25.3 Å². The van der Waals surface area contributed by atoms with Crippen molar-refractivity contribution in [2.24, 2.45) is 0 Å². The van der Waals surface area contributed by atoms with Gasteiger partial charge < -0.3 is 9.47 Å². The first kappa shape index (κ1) is 15.9. The Bertz CT molecular complexity index is 677. The number of methoxy groups -OCH3 is 1. The van der Waals surface area contributed by atoms with Crippen LogP contribution in [0.2, 0.25) is 0 Å². The highest BCUT2D eigenvalue weighted by molar-refractivity contribution is 8.00. The Kier molecular flexibility index (Phi) is 5.87. The smallest absolute Gasteiger partial charge is 0.316 e. The number of benzene rings is 2. The van der Waals surface area contributed by atoms with E-state index in [1.807, 2.05) is 30.3 Å². The van der Waals surface area contributed by atoms with Gasteiger partial charge in [0.05, 0.1) is 24.5 Å². The van der Waals surface area contributed by atoms with Crippen molar-refractivity contribution in [2.75, 3.05) is 12.9 Å². The largest absolute Gasteiger partial charge is 0.497 e. The number of ether oxygens (including phenoxy) is 2. The summed E-state index contributed by atoms with van der Waals surface area (Å²) in [5, 5.41) is 8.97. The quantitative estimate of drug-likeness (QED) is 0.604. The van der Waals surface area contributed by atoms with Crippen LogP contribution in [0.3, 0.4) is 0 Å². The minimum absolute atomic E-state index is 0.117. The van der Waals surface area contributed by atoms with Gasteiger partial charge in [0, 0.05) is 10.5 Å². The van der Waals surface area contributed by atoms with Crippen LogP contribution in [0.15, 0.2) is 53.4 Å². The van der Waals surface area contributed by atoms with Crippen molar-refractivity contribution in [3.8, 4) is 11.8 Å². The van der Waals surface area contributed by atoms with Crippen molar-refractivity contribution in [3.05, 3.63) is 59.7 Å². The van der Waals surface area contributed by atoms with Gasteiger partial charge in [0.1, 0.15) is 12.4 Å². The van der Waals surface area contributed by atoms with Crippen molar-refractivity contribution < 1.29 is 14.3 Å². The van der Waals surface area contributed by atoms with Crippen LogP contribution >= 0.6 is 11.8 Å². The summed E-state index contributed by atoms with van der Waals surface area (Å²) in [4.78, 5) is 12.7. The molecule has 0 saturated carbocycles. The molecule has 0 amide bonds. The topological polar surface area (TPSA) is 59.3 Å². The number of hydrogen-bond donors (Lipinski definition) is 0. The predicted octanol–water partition coefficient (Wildman–Crippen LogP) is 3.40. The van der Waals surface area contributed by atoms with Gasteiger partial charge >= 0.3 is 5.97 Å². The summed E-state index contributed by atoms with van der Waals surface area (Å²) in [6.45, 7) is 0.117. The van der Waals surface area contributed by atoms with Crippen molar-refractivity contribution in [1.29, 1.82) is 5.26 Å². The first-order valence-corrected chi connectivity index (χ1v) is 7.62. The van der Waals surface area contributed by atoms with Crippen LogP contribution < -0.4 is 4.74 Å². The summed E-state index contributed by atoms with van der Waals surface area (Å²) in [5.74, 6) is 0.690. The third kappa shape index (κ3) is 4.54. The zero-order chi connectivity index (χ0) is 15.8. The second kappa shape index (κ2) is 8.11. The van der Waals surface area contributed by atoms with Gasteiger partial charge in [-0.3, -0.25) is 4.79 Å². The molecule has 2 aromatic carbocycles. The molecule has 0 spiro atoms. The first-order chi connectivity index (χ1) is 10.7. The number of rotatable bonds is 6. The lowest BCUT2D eigenvalue weighted by molar-refractivity contribution is -0.141. The molecule has 0 aliphatic heterocycles. The Morgan fingerprint density at radius 1 is 1.18 bits per heavy atom. The van der Waals surface area contributed by atoms with Gasteiger partial charge in [-0.15, -0.1) is 11.8 Å². The number of carbonyl (C=O) groups is 1. The highest BCUT2D eigenvalue weighted by Gasteiger charge is 2.07. The Hall–Kier alpha value is -2.45. The van der Waals surface area contributed by atoms with Crippen molar-refractivity contribution >= 4 is 17.7 Å². The molecule has 0 saturated heterocycles. The van der Waals surface area contributed by atoms with Crippen molar-refractivity contribution in [3.63, 3.8) is 0 Å². The highest BCUT2D eigenvalue weighted by Crippen LogP contribution is 2.21. The van der Waals surface area contributed by atoms with Gasteiger partial charge in [-0.05, 0) is 30.3 Å². The summed E-state index contributed by atoms with van der Waals surface area (Å²) in [7, 11) is 1.61. The number of carbonyl (C=O) groups excluding carboxylic acids is 1. The molecule has 0 bridgehead atoms. The lowest BCUT2D eigenvalue weighted by Gasteiger charge is -2.06. The second-order valence-electron chi connectivity index (χ2n) is 4.39. The van der Waals surface area contributed by atoms with Gasteiger partial charge in [-0.2, -0.15) is 5.26 Å². The molecule has 0 aromatic heterocycles. The van der Waals surface area contributed by atoms with Crippen molar-refractivity contribution in [2.45, 2.75) is 11.5 Å². The fraction of sp³-hybridized carbons (Fsp3) is 0.176. The van der Waals surface area contributed by atoms with Crippen LogP contribution in [-0.4, -0.2) is 18.8 Å². The zero-order valence-electron chi connectivity index (χ0n) is 12.1. The maximum atomic E-state index is 11.8. The zero-order valence-corrected chi connectivity index (χ0v) is 12.9. The summed E-state index contributed by atoms with van der Waals surface area (Å²) < 4.78 is 10.3. The fourth-order valence-corrected chi connectivity index (χ4v) is 2.47. The second-order valence-corrected chi connectivity index (χ2v) is 5.44. The maximum absolute atomic E-state index is 11.8. The van der Waals surface area contributed by atoms with E-state index >= 15 is 0 Å². The Morgan fingerprint density at radius 3 is 2.59 bits per heavy atom. The third-order valence-electron chi connectivity index (χ3n) is 2.94. The molecule has 4 nitrogen and oxygen atoms in total. The molecule has 0 fully saturated rings. The van der Waals surface area contributed by atoms with E-state index < -0.39 is 0 Å². The number of thioether (sulfide) groups is 1. The molecule has 0 radical (unpaired) electrons. The number of nitrogens with zero attached hydrogens (tertiary/aromatic N) is 1. The van der Waals surface area contributed by atoms with E-state index in [0.29, 0.717) is 11.1 Å². The summed E-state index contributed by atoms with van der Waals surface area (Å²) >= 11 is 1.40. The molecule has 0 aliphatic rings. The average Bonchev–Trinajstić information content (AvgIpc) is 2.58. The molecule has 0 aliphatic carbocycles. The molecule has 2 rings (SSSR count). The van der Waals surface area contributed by atoms with Crippen LogP contribution in [0, 0.1) is 11.3 Å². The number of nitriles is 1. The highest BCUT2D eigenvalue weighted by atomic mass is 32.2. The Morgan fingerprint density at radius 2 is 1.91 bits per heavy atom. The number of esters is 1. The Balaban J connectivity index is 1.81. The minimum Gasteiger partial charge on any atom is -0.497 e. The van der Waals surface area contributed by atoms with Crippen LogP contribution in [0.5, 0.6) is 5.75 Å². The standard InChI is InChI=1S/C17H15NO3S/c1-20-15-6-8-16(9-7-15)22-12-17(19)21-11-14-5-3-2-4-13(14)10-18/h2-9H,11-12H2,1H3. The Labute approximate surface area is 133 Å². The molecular weight excluding hydrogens is 298 g/mol. The molecule has 0 atom stereocenters. The van der Waals surface area contributed by atoms with Crippen LogP contribution in [-0.2, 0) is 16.1 Å². The molecule has 5 heteroatoms. The summed E-state index contributed by atoms with van der Waals surface area (Å²) in [6, 6.07) is 16.6. The molecule has 0 heterocycles. The summed E-state index contributed by atoms with van der Waals surface area (Å²) in [5.41, 5.74) is 1.24. The SMILES string of the molecule is COc1ccc(SCC(=O)OCc2ccccc2C#N)cc1. The van der Waals surface area contributed by atoms with Gasteiger partial charge in [-0.1, -0.05) is 18.2 Å². The molecule has 0 N–H and O–H groups in total. The lowest BCUT2D eigenvalue weighted by Crippen LogP contribution is -2.08. The molecule has 112 valence electrons. The molecule has 22 heavy (non-hydrogen) atoms. The van der Waals surface area contributed by atoms with Gasteiger partial charge in [-0.25, -0.2) is 0 Å². The van der Waals surface area contributed by atoms with Crippen molar-refractivity contribution in [1.82, 2.24) is 0 Å². The van der Waals surface area contributed by atoms with Crippen LogP contribution in [0.1, 0.15) is 11.1 Å². The third-order valence-corrected chi connectivity index (χ3v) is 3.93. The average molecular weight is 313 g/mol. The maximum Gasteiger partial charge on any atom is 0.316 e. The van der Waals surface area contributed by atoms with Crippen LogP contribution in [0.4, 0.5) is 0 Å². The first-order valence-electron chi connectivity index (χ1n) is 6.63. The van der Waals surface area contributed by atoms with E-state index in [1.165, 1.54) is 11.8 Å². The predicted molar refractivity (Wildman–Crippen MR) is 84.7 cm³/mol. The normalized spacial score (nSPS) is 9.82. The van der Waals surface area contributed by atoms with Gasteiger partial charge in [0.2, 0.25) is 0 Å². The van der Waals surface area contributed by atoms with Gasteiger partial charge in [0.15, 0.2) is 0 Å². The summed E-state index contributed by atoms with van der Waals surface area (Å²) in [6.07, 6.45) is 0. The van der Waals surface area contributed by atoms with E-state index in [2.05, 4.69) is 6.07 Å². The lowest BCUT2D eigenvalue weighted by atomic mass is 10.1. The van der Waals surface area contributed by atoms with E-state index in [-0.39, 0.29) is 18.3 Å². The number of hydrogen-bond acceptors (Lipinski definition) is 5. The molecular formula is C17H15NO3S. The van der Waals surface area contributed by atoms with Gasteiger partial charge in [0.25, 0.3) is 0 Å². The molecule has 0 unspecified atom stereocenters. The minimum atomic E-state index is -0.312. The van der Waals surface area contributed by atoms with E-state index in [9.17, 15) is 4.79 Å². The fourth-order valence-electron chi connectivity index (χ4n) is 1.77. The monoisotopic (exact) mass is 313 g/mol. The molecule has 2 aromatic rings. The van der Waals surface area contributed by atoms with Crippen LogP contribution in [0.25, 0.3) is 0 Å². The van der Waals surface area contributed by atoms with E-state index in [4.69, 9.17) is 14.7 Å².